The lowest BCUT2D eigenvalue weighted by atomic mass is 10.5. The summed E-state index contributed by atoms with van der Waals surface area (Å²) in [5.41, 5.74) is 0. The van der Waals surface area contributed by atoms with Crippen LogP contribution < -0.4 is 5.32 Å². The molecule has 178 valence electrons. The molecule has 0 aromatic rings. The summed E-state index contributed by atoms with van der Waals surface area (Å²) < 4.78 is 34.9. The number of rotatable bonds is 20. The van der Waals surface area contributed by atoms with E-state index >= 15 is 0 Å². The minimum atomic E-state index is -2.83. The maximum Gasteiger partial charge on any atom is 0.529 e. The van der Waals surface area contributed by atoms with Gasteiger partial charge in [0, 0.05) is 65.1 Å². The summed E-state index contributed by atoms with van der Waals surface area (Å²) in [6, 6.07) is 0.813. The van der Waals surface area contributed by atoms with E-state index in [1.807, 2.05) is 20.8 Å². The molecule has 0 aromatic heterocycles. The molecule has 0 rings (SSSR count). The van der Waals surface area contributed by atoms with E-state index in [0.29, 0.717) is 29.3 Å². The van der Waals surface area contributed by atoms with Crippen molar-refractivity contribution >= 4 is 27.1 Å². The molecule has 0 saturated carbocycles. The maximum atomic E-state index is 5.92. The van der Waals surface area contributed by atoms with E-state index in [4.69, 9.17) is 26.6 Å². The summed E-state index contributed by atoms with van der Waals surface area (Å²) in [7, 11) is 0.0841. The molecule has 0 bridgehead atoms. The third-order valence-corrected chi connectivity index (χ3v) is 12.5. The quantitative estimate of drug-likeness (QED) is 0.210. The van der Waals surface area contributed by atoms with Gasteiger partial charge in [-0.1, -0.05) is 0 Å². The van der Waals surface area contributed by atoms with Gasteiger partial charge in [0.25, 0.3) is 0 Å². The van der Waals surface area contributed by atoms with Gasteiger partial charge in [0.2, 0.25) is 0 Å². The van der Waals surface area contributed by atoms with Gasteiger partial charge < -0.3 is 36.8 Å². The first kappa shape index (κ1) is 29.9. The van der Waals surface area contributed by atoms with Crippen LogP contribution in [0.4, 0.5) is 0 Å². The summed E-state index contributed by atoms with van der Waals surface area (Å²) in [6.45, 7) is 14.8. The second kappa shape index (κ2) is 17.5. The van der Waals surface area contributed by atoms with E-state index in [9.17, 15) is 0 Å². The van der Waals surface area contributed by atoms with E-state index in [1.165, 1.54) is 0 Å². The molecule has 0 spiro atoms. The van der Waals surface area contributed by atoms with Crippen LogP contribution in [0.2, 0.25) is 6.04 Å². The smallest absolute Gasteiger partial charge is 0.378 e. The first-order chi connectivity index (χ1) is 14.5. The van der Waals surface area contributed by atoms with Crippen molar-refractivity contribution in [1.82, 2.24) is 10.2 Å². The molecule has 30 heavy (non-hydrogen) atoms. The normalized spacial score (nSPS) is 13.1. The molecule has 0 heterocycles. The van der Waals surface area contributed by atoms with Crippen molar-refractivity contribution in [2.45, 2.75) is 47.1 Å². The summed E-state index contributed by atoms with van der Waals surface area (Å²) >= 11 is 0. The van der Waals surface area contributed by atoms with E-state index < -0.39 is 17.6 Å². The van der Waals surface area contributed by atoms with E-state index in [2.05, 4.69) is 30.3 Å². The summed E-state index contributed by atoms with van der Waals surface area (Å²) in [4.78, 5) is 3.35. The SMILES string of the molecule is CCO[Si](CCCNC[Si]C(=CN(CC)CC)[Si](OC)(OC)OC)(OCC)OCC. The van der Waals surface area contributed by atoms with Crippen LogP contribution >= 0.6 is 0 Å². The average molecular weight is 481 g/mol. The highest BCUT2D eigenvalue weighted by Crippen LogP contribution is 2.19. The van der Waals surface area contributed by atoms with Gasteiger partial charge in [0.1, 0.15) is 0 Å². The molecule has 0 aliphatic heterocycles. The van der Waals surface area contributed by atoms with Gasteiger partial charge in [-0.15, -0.1) is 0 Å². The van der Waals surface area contributed by atoms with Crippen molar-refractivity contribution in [3.63, 3.8) is 0 Å². The second-order valence-corrected chi connectivity index (χ2v) is 13.7. The van der Waals surface area contributed by atoms with Crippen molar-refractivity contribution in [2.75, 3.05) is 67.0 Å². The standard InChI is InChI=1S/C19H44N2O6Si3/c1-9-21(10-2)17-19(30(22-6,23-7)24-8)28-18-20-15-14-16-29(25-11-3,26-12-4)27-13-5/h17,20H,9-16,18H2,1-8H3. The van der Waals surface area contributed by atoms with E-state index in [0.717, 1.165) is 43.1 Å². The molecule has 8 nitrogen and oxygen atoms in total. The number of nitrogens with zero attached hydrogens (tertiary/aromatic N) is 1. The topological polar surface area (TPSA) is 70.7 Å². The molecule has 0 aliphatic carbocycles. The fourth-order valence-electron chi connectivity index (χ4n) is 3.08. The van der Waals surface area contributed by atoms with Crippen LogP contribution in [0.5, 0.6) is 0 Å². The first-order valence-corrected chi connectivity index (χ1v) is 15.8. The predicted molar refractivity (Wildman–Crippen MR) is 126 cm³/mol. The van der Waals surface area contributed by atoms with Gasteiger partial charge in [-0.25, -0.2) is 0 Å². The third kappa shape index (κ3) is 10.0. The van der Waals surface area contributed by atoms with Crippen molar-refractivity contribution in [3.8, 4) is 0 Å². The van der Waals surface area contributed by atoms with Gasteiger partial charge in [0.05, 0.1) is 9.52 Å². The summed E-state index contributed by atoms with van der Waals surface area (Å²) in [5, 5.41) is 3.53. The monoisotopic (exact) mass is 480 g/mol. The minimum Gasteiger partial charge on any atom is -0.378 e. The second-order valence-electron chi connectivity index (χ2n) is 6.37. The largest absolute Gasteiger partial charge is 0.529 e. The molecule has 0 atom stereocenters. The molecule has 11 heteroatoms. The Morgan fingerprint density at radius 2 is 1.37 bits per heavy atom. The van der Waals surface area contributed by atoms with Crippen LogP contribution in [0.25, 0.3) is 0 Å². The lowest BCUT2D eigenvalue weighted by Gasteiger charge is -2.29. The highest BCUT2D eigenvalue weighted by Gasteiger charge is 2.43. The van der Waals surface area contributed by atoms with Gasteiger partial charge in [0.15, 0.2) is 0 Å². The van der Waals surface area contributed by atoms with Gasteiger partial charge >= 0.3 is 17.6 Å². The molecule has 1 N–H and O–H groups in total. The summed E-state index contributed by atoms with van der Waals surface area (Å²) in [6.07, 6.45) is 3.93. The van der Waals surface area contributed by atoms with E-state index in [1.54, 1.807) is 21.3 Å². The van der Waals surface area contributed by atoms with Crippen LogP contribution in [0.1, 0.15) is 41.0 Å². The first-order valence-electron chi connectivity index (χ1n) is 10.9. The van der Waals surface area contributed by atoms with Crippen molar-refractivity contribution in [1.29, 1.82) is 0 Å². The average Bonchev–Trinajstić information content (AvgIpc) is 2.75. The Morgan fingerprint density at radius 3 is 1.77 bits per heavy atom. The zero-order valence-corrected chi connectivity index (χ0v) is 23.3. The van der Waals surface area contributed by atoms with E-state index in [-0.39, 0.29) is 0 Å². The van der Waals surface area contributed by atoms with Crippen molar-refractivity contribution < 1.29 is 26.6 Å². The van der Waals surface area contributed by atoms with Crippen molar-refractivity contribution in [2.24, 2.45) is 0 Å². The zero-order valence-electron chi connectivity index (χ0n) is 20.3. The number of nitrogens with one attached hydrogen (secondary N) is 1. The van der Waals surface area contributed by atoms with Crippen LogP contribution in [0.3, 0.4) is 0 Å². The number of hydrogen-bond donors (Lipinski definition) is 1. The maximum absolute atomic E-state index is 5.92. The highest BCUT2D eigenvalue weighted by molar-refractivity contribution is 6.83. The van der Waals surface area contributed by atoms with Gasteiger partial charge in [-0.05, 0) is 60.0 Å². The predicted octanol–water partition coefficient (Wildman–Crippen LogP) is 2.28. The minimum absolute atomic E-state index is 0.506. The number of hydrogen-bond acceptors (Lipinski definition) is 8. The van der Waals surface area contributed by atoms with Crippen LogP contribution in [0.15, 0.2) is 11.0 Å². The fraction of sp³-hybridized carbons (Fsp3) is 0.895. The molecule has 0 saturated heterocycles. The molecule has 0 unspecified atom stereocenters. The van der Waals surface area contributed by atoms with Gasteiger partial charge in [-0.3, -0.25) is 0 Å². The fourth-order valence-corrected chi connectivity index (χ4v) is 10.0. The molecular formula is C19H44N2O6Si3. The van der Waals surface area contributed by atoms with Crippen molar-refractivity contribution in [3.05, 3.63) is 11.0 Å². The molecule has 0 amide bonds. The zero-order chi connectivity index (χ0) is 22.9. The molecule has 0 fully saturated rings. The Kier molecular flexibility index (Phi) is 17.4. The highest BCUT2D eigenvalue weighted by atomic mass is 28.4. The lowest BCUT2D eigenvalue weighted by Crippen LogP contribution is -2.49. The molecule has 0 aliphatic rings. The Bertz CT molecular complexity index is 427. The third-order valence-electron chi connectivity index (χ3n) is 4.59. The van der Waals surface area contributed by atoms with Crippen LogP contribution in [0, 0.1) is 0 Å². The van der Waals surface area contributed by atoms with Gasteiger partial charge in [-0.2, -0.15) is 0 Å². The molecule has 2 radical (unpaired) electrons. The Hall–Kier alpha value is -0.0894. The summed E-state index contributed by atoms with van der Waals surface area (Å²) in [5.74, 6) is 0. The molecular weight excluding hydrogens is 436 g/mol. The lowest BCUT2D eigenvalue weighted by molar-refractivity contribution is 0.0708. The van der Waals surface area contributed by atoms with Crippen LogP contribution in [-0.4, -0.2) is 99.0 Å². The van der Waals surface area contributed by atoms with Crippen LogP contribution in [-0.2, 0) is 26.6 Å². The Morgan fingerprint density at radius 1 is 0.867 bits per heavy atom. The Balaban J connectivity index is 4.85. The molecule has 0 aromatic carbocycles. The Labute approximate surface area is 189 Å².